The molecule has 0 saturated carbocycles. The maximum absolute atomic E-state index is 13.5. The Morgan fingerprint density at radius 1 is 1.08 bits per heavy atom. The van der Waals surface area contributed by atoms with E-state index in [0.717, 1.165) is 4.47 Å². The zero-order valence-corrected chi connectivity index (χ0v) is 25.0. The van der Waals surface area contributed by atoms with E-state index in [1.807, 2.05) is 26.8 Å². The number of halogens is 4. The Morgan fingerprint density at radius 2 is 1.82 bits per heavy atom. The molecule has 3 aromatic carbocycles. The first-order valence-corrected chi connectivity index (χ1v) is 13.5. The van der Waals surface area contributed by atoms with E-state index in [2.05, 4.69) is 37.0 Å². The molecule has 0 spiro atoms. The fraction of sp³-hybridized carbons (Fsp3) is 0.192. The molecule has 12 heteroatoms. The number of ether oxygens (including phenoxy) is 1. The van der Waals surface area contributed by atoms with Crippen molar-refractivity contribution in [1.82, 2.24) is 9.66 Å². The highest BCUT2D eigenvalue weighted by molar-refractivity contribution is 9.10. The van der Waals surface area contributed by atoms with Gasteiger partial charge in [-0.05, 0) is 42.0 Å². The van der Waals surface area contributed by atoms with Gasteiger partial charge < -0.3 is 4.74 Å². The first kappa shape index (κ1) is 28.2. The summed E-state index contributed by atoms with van der Waals surface area (Å²) in [6.45, 7) is 5.74. The molecule has 1 aromatic heterocycles. The van der Waals surface area contributed by atoms with Crippen molar-refractivity contribution in [2.45, 2.75) is 32.8 Å². The fourth-order valence-electron chi connectivity index (χ4n) is 3.63. The van der Waals surface area contributed by atoms with Crippen molar-refractivity contribution in [3.05, 3.63) is 105 Å². The molecule has 196 valence electrons. The predicted molar refractivity (Wildman–Crippen MR) is 157 cm³/mol. The van der Waals surface area contributed by atoms with Crippen molar-refractivity contribution < 1.29 is 9.66 Å². The molecule has 0 aliphatic carbocycles. The summed E-state index contributed by atoms with van der Waals surface area (Å²) in [7, 11) is 0. The molecule has 0 aliphatic heterocycles. The number of nitro groups is 1. The molecule has 38 heavy (non-hydrogen) atoms. The molecule has 1 heterocycles. The number of rotatable bonds is 6. The smallest absolute Gasteiger partial charge is 0.312 e. The van der Waals surface area contributed by atoms with Gasteiger partial charge in [0.25, 0.3) is 5.56 Å². The first-order chi connectivity index (χ1) is 17.8. The van der Waals surface area contributed by atoms with E-state index in [1.165, 1.54) is 17.0 Å². The van der Waals surface area contributed by atoms with Gasteiger partial charge >= 0.3 is 5.69 Å². The van der Waals surface area contributed by atoms with Crippen LogP contribution in [0.4, 0.5) is 5.69 Å². The lowest BCUT2D eigenvalue weighted by Gasteiger charge is -2.21. The Morgan fingerprint density at radius 3 is 2.47 bits per heavy atom. The van der Waals surface area contributed by atoms with Crippen LogP contribution in [0.1, 0.15) is 37.7 Å². The van der Waals surface area contributed by atoms with Gasteiger partial charge in [0.05, 0.1) is 32.1 Å². The minimum atomic E-state index is -0.547. The molecule has 0 saturated heterocycles. The molecule has 0 atom stereocenters. The molecule has 0 amide bonds. The lowest BCUT2D eigenvalue weighted by atomic mass is 9.95. The third-order valence-corrected chi connectivity index (χ3v) is 7.11. The molecule has 0 N–H and O–H groups in total. The van der Waals surface area contributed by atoms with Crippen LogP contribution in [0.15, 0.2) is 67.4 Å². The predicted octanol–water partition coefficient (Wildman–Crippen LogP) is 7.90. The molecule has 4 aromatic rings. The summed E-state index contributed by atoms with van der Waals surface area (Å²) in [4.78, 5) is 29.5. The van der Waals surface area contributed by atoms with Crippen molar-refractivity contribution >= 4 is 77.9 Å². The number of benzene rings is 3. The Bertz CT molecular complexity index is 1670. The molecular weight excluding hydrogens is 663 g/mol. The normalized spacial score (nSPS) is 11.9. The summed E-state index contributed by atoms with van der Waals surface area (Å²) < 4.78 is 8.28. The summed E-state index contributed by atoms with van der Waals surface area (Å²) in [5, 5.41) is 17.4. The van der Waals surface area contributed by atoms with Crippen molar-refractivity contribution in [2.24, 2.45) is 5.10 Å². The topological polar surface area (TPSA) is 99.6 Å². The van der Waals surface area contributed by atoms with Crippen molar-refractivity contribution in [3.8, 4) is 5.75 Å². The number of hydrogen-bond donors (Lipinski definition) is 0. The van der Waals surface area contributed by atoms with E-state index in [0.29, 0.717) is 36.8 Å². The van der Waals surface area contributed by atoms with E-state index >= 15 is 0 Å². The number of nitrogens with zero attached hydrogens (tertiary/aromatic N) is 4. The average Bonchev–Trinajstić information content (AvgIpc) is 2.84. The number of hydrogen-bond acceptors (Lipinski definition) is 6. The first-order valence-electron chi connectivity index (χ1n) is 11.2. The Balaban J connectivity index is 1.85. The number of nitro benzene ring substituents is 1. The summed E-state index contributed by atoms with van der Waals surface area (Å²) >= 11 is 18.8. The highest BCUT2D eigenvalue weighted by Crippen LogP contribution is 2.35. The van der Waals surface area contributed by atoms with Crippen LogP contribution in [0.5, 0.6) is 5.75 Å². The summed E-state index contributed by atoms with van der Waals surface area (Å²) in [5.74, 6) is 0.409. The zero-order valence-electron chi connectivity index (χ0n) is 20.3. The number of aromatic nitrogens is 2. The van der Waals surface area contributed by atoms with Crippen LogP contribution >= 0.6 is 55.1 Å². The molecule has 8 nitrogen and oxygen atoms in total. The number of fused-ring (bicyclic) bond motifs is 1. The van der Waals surface area contributed by atoms with Gasteiger partial charge in [0.1, 0.15) is 12.4 Å². The van der Waals surface area contributed by atoms with Gasteiger partial charge in [-0.3, -0.25) is 14.9 Å². The van der Waals surface area contributed by atoms with Crippen LogP contribution in [0.3, 0.4) is 0 Å². The highest BCUT2D eigenvalue weighted by atomic mass is 79.9. The molecular formula is C26H20Br2Cl2N4O4. The van der Waals surface area contributed by atoms with Crippen molar-refractivity contribution in [3.63, 3.8) is 0 Å². The SMILES string of the molecule is CC(C)(C)c1nc2ccc(Br)cc2c(=O)n1N=Cc1cc(Br)cc([N+](=O)[O-])c1OCc1ccc(Cl)c(Cl)c1. The maximum atomic E-state index is 13.5. The van der Waals surface area contributed by atoms with E-state index in [9.17, 15) is 14.9 Å². The lowest BCUT2D eigenvalue weighted by Crippen LogP contribution is -2.29. The van der Waals surface area contributed by atoms with Crippen LogP contribution in [0, 0.1) is 10.1 Å². The maximum Gasteiger partial charge on any atom is 0.312 e. The van der Waals surface area contributed by atoms with Gasteiger partial charge in [-0.15, -0.1) is 0 Å². The van der Waals surface area contributed by atoms with E-state index in [4.69, 9.17) is 32.9 Å². The van der Waals surface area contributed by atoms with Gasteiger partial charge in [-0.2, -0.15) is 9.78 Å². The minimum absolute atomic E-state index is 0.0149. The molecule has 4 rings (SSSR count). The van der Waals surface area contributed by atoms with E-state index in [1.54, 1.807) is 36.4 Å². The van der Waals surface area contributed by atoms with Crippen LogP contribution in [0.2, 0.25) is 10.0 Å². The van der Waals surface area contributed by atoms with Gasteiger partial charge in [0, 0.05) is 26.0 Å². The second-order valence-electron chi connectivity index (χ2n) is 9.35. The Hall–Kier alpha value is -2.79. The molecule has 0 aliphatic rings. The van der Waals surface area contributed by atoms with E-state index in [-0.39, 0.29) is 29.2 Å². The van der Waals surface area contributed by atoms with Crippen molar-refractivity contribution in [2.75, 3.05) is 0 Å². The monoisotopic (exact) mass is 680 g/mol. The second-order valence-corrected chi connectivity index (χ2v) is 12.0. The second kappa shape index (κ2) is 11.1. The third kappa shape index (κ3) is 6.09. The molecule has 0 unspecified atom stereocenters. The van der Waals surface area contributed by atoms with Gasteiger partial charge in [-0.25, -0.2) is 4.98 Å². The van der Waals surface area contributed by atoms with Gasteiger partial charge in [0.2, 0.25) is 5.75 Å². The lowest BCUT2D eigenvalue weighted by molar-refractivity contribution is -0.386. The van der Waals surface area contributed by atoms with Gasteiger partial charge in [-0.1, -0.05) is 81.9 Å². The van der Waals surface area contributed by atoms with Crippen LogP contribution in [-0.2, 0) is 12.0 Å². The summed E-state index contributed by atoms with van der Waals surface area (Å²) in [5.41, 5.74) is 0.305. The zero-order chi connectivity index (χ0) is 27.8. The largest absolute Gasteiger partial charge is 0.481 e. The summed E-state index contributed by atoms with van der Waals surface area (Å²) in [6.07, 6.45) is 1.35. The standard InChI is InChI=1S/C26H20Br2Cl2N4O4/c1-26(2,3)25-32-21-7-5-16(27)10-18(21)24(35)33(25)31-12-15-9-17(28)11-22(34(36)37)23(15)38-13-14-4-6-19(29)20(30)8-14/h4-12H,13H2,1-3H3. The summed E-state index contributed by atoms with van der Waals surface area (Å²) in [6, 6.07) is 13.2. The highest BCUT2D eigenvalue weighted by Gasteiger charge is 2.24. The molecule has 0 bridgehead atoms. The van der Waals surface area contributed by atoms with Crippen LogP contribution in [0.25, 0.3) is 10.9 Å². The minimum Gasteiger partial charge on any atom is -0.481 e. The Kier molecular flexibility index (Phi) is 8.27. The van der Waals surface area contributed by atoms with Crippen LogP contribution < -0.4 is 10.3 Å². The third-order valence-electron chi connectivity index (χ3n) is 5.42. The quantitative estimate of drug-likeness (QED) is 0.117. The fourth-order valence-corrected chi connectivity index (χ4v) is 4.78. The van der Waals surface area contributed by atoms with Gasteiger partial charge in [0.15, 0.2) is 0 Å². The van der Waals surface area contributed by atoms with Crippen molar-refractivity contribution in [1.29, 1.82) is 0 Å². The molecule has 0 radical (unpaired) electrons. The Labute approximate surface area is 244 Å². The average molecular weight is 683 g/mol. The van der Waals surface area contributed by atoms with Crippen LogP contribution in [-0.4, -0.2) is 20.8 Å². The van der Waals surface area contributed by atoms with E-state index < -0.39 is 10.3 Å². The molecule has 0 fully saturated rings.